The minimum Gasteiger partial charge on any atom is -0.497 e. The van der Waals surface area contributed by atoms with Crippen LogP contribution >= 0.6 is 0 Å². The van der Waals surface area contributed by atoms with E-state index in [1.54, 1.807) is 7.11 Å². The molecular formula is C23H33NO. The largest absolute Gasteiger partial charge is 0.497 e. The summed E-state index contributed by atoms with van der Waals surface area (Å²) in [6, 6.07) is 11.1. The second-order valence-electron chi connectivity index (χ2n) is 8.18. The lowest BCUT2D eigenvalue weighted by atomic mass is 9.76. The van der Waals surface area contributed by atoms with Gasteiger partial charge in [-0.05, 0) is 77.6 Å². The van der Waals surface area contributed by atoms with Gasteiger partial charge in [-0.2, -0.15) is 0 Å². The maximum Gasteiger partial charge on any atom is 0.119 e. The van der Waals surface area contributed by atoms with E-state index in [0.717, 1.165) is 12.2 Å². The van der Waals surface area contributed by atoms with Crippen LogP contribution in [0.25, 0.3) is 0 Å². The van der Waals surface area contributed by atoms with Crippen molar-refractivity contribution in [3.63, 3.8) is 0 Å². The molecule has 0 aliphatic rings. The Bertz CT molecular complexity index is 717. The Balaban J connectivity index is 2.42. The van der Waals surface area contributed by atoms with Crippen LogP contribution < -0.4 is 10.1 Å². The quantitative estimate of drug-likeness (QED) is 0.711. The van der Waals surface area contributed by atoms with E-state index < -0.39 is 0 Å². The highest BCUT2D eigenvalue weighted by molar-refractivity contribution is 5.55. The molecule has 0 fully saturated rings. The standard InChI is InChI=1S/C23H33NO/c1-15-11-19(25-8)12-16(2)20(15)13-18-9-10-22(24-7)21(14-18)17(3)23(4,5)6/h9-12,14,17,24H,13H2,1-8H3. The topological polar surface area (TPSA) is 21.3 Å². The number of methoxy groups -OCH3 is 1. The SMILES string of the molecule is CNc1ccc(Cc2c(C)cc(OC)cc2C)cc1C(C)C(C)(C)C. The van der Waals surface area contributed by atoms with Gasteiger partial charge in [-0.15, -0.1) is 0 Å². The summed E-state index contributed by atoms with van der Waals surface area (Å²) >= 11 is 0. The Morgan fingerprint density at radius 1 is 1.04 bits per heavy atom. The summed E-state index contributed by atoms with van der Waals surface area (Å²) in [6.07, 6.45) is 0.954. The number of hydrogen-bond acceptors (Lipinski definition) is 2. The van der Waals surface area contributed by atoms with Crippen LogP contribution in [-0.2, 0) is 6.42 Å². The molecule has 0 saturated heterocycles. The number of anilines is 1. The Hall–Kier alpha value is -1.96. The highest BCUT2D eigenvalue weighted by atomic mass is 16.5. The molecule has 0 bridgehead atoms. The Morgan fingerprint density at radius 3 is 2.12 bits per heavy atom. The molecule has 25 heavy (non-hydrogen) atoms. The molecule has 0 aromatic heterocycles. The number of nitrogens with one attached hydrogen (secondary N) is 1. The van der Waals surface area contributed by atoms with Crippen molar-refractivity contribution in [3.05, 3.63) is 58.1 Å². The summed E-state index contributed by atoms with van der Waals surface area (Å²) in [5, 5.41) is 3.36. The lowest BCUT2D eigenvalue weighted by Gasteiger charge is -2.30. The second-order valence-corrected chi connectivity index (χ2v) is 8.18. The minimum atomic E-state index is 0.232. The zero-order chi connectivity index (χ0) is 18.8. The van der Waals surface area contributed by atoms with E-state index in [1.165, 1.54) is 33.5 Å². The molecule has 0 spiro atoms. The monoisotopic (exact) mass is 339 g/mol. The first-order valence-corrected chi connectivity index (χ1v) is 9.12. The Labute approximate surface area is 153 Å². The van der Waals surface area contributed by atoms with Crippen LogP contribution in [0.2, 0.25) is 0 Å². The molecule has 0 amide bonds. The van der Waals surface area contributed by atoms with Crippen molar-refractivity contribution in [2.45, 2.75) is 53.9 Å². The van der Waals surface area contributed by atoms with Gasteiger partial charge in [0, 0.05) is 12.7 Å². The summed E-state index contributed by atoms with van der Waals surface area (Å²) < 4.78 is 5.39. The van der Waals surface area contributed by atoms with Crippen LogP contribution in [0.15, 0.2) is 30.3 Å². The third-order valence-electron chi connectivity index (χ3n) is 5.44. The zero-order valence-corrected chi connectivity index (χ0v) is 17.1. The summed E-state index contributed by atoms with van der Waals surface area (Å²) in [4.78, 5) is 0. The highest BCUT2D eigenvalue weighted by Crippen LogP contribution is 2.38. The lowest BCUT2D eigenvalue weighted by Crippen LogP contribution is -2.17. The predicted octanol–water partition coefficient (Wildman–Crippen LogP) is 6.09. The molecule has 0 aliphatic heterocycles. The first-order chi connectivity index (χ1) is 11.7. The van der Waals surface area contributed by atoms with E-state index in [4.69, 9.17) is 4.74 Å². The second kappa shape index (κ2) is 7.51. The summed E-state index contributed by atoms with van der Waals surface area (Å²) in [6.45, 7) is 13.6. The van der Waals surface area contributed by atoms with E-state index in [-0.39, 0.29) is 5.41 Å². The van der Waals surface area contributed by atoms with E-state index in [1.807, 2.05) is 7.05 Å². The first-order valence-electron chi connectivity index (χ1n) is 9.12. The number of hydrogen-bond donors (Lipinski definition) is 1. The van der Waals surface area contributed by atoms with E-state index in [2.05, 4.69) is 77.2 Å². The van der Waals surface area contributed by atoms with Gasteiger partial charge < -0.3 is 10.1 Å². The van der Waals surface area contributed by atoms with Crippen molar-refractivity contribution < 1.29 is 4.74 Å². The number of rotatable bonds is 5. The van der Waals surface area contributed by atoms with Gasteiger partial charge in [-0.1, -0.05) is 39.8 Å². The smallest absolute Gasteiger partial charge is 0.119 e. The number of ether oxygens (including phenoxy) is 1. The molecule has 1 N–H and O–H groups in total. The number of aryl methyl sites for hydroxylation is 2. The molecule has 0 heterocycles. The molecule has 0 radical (unpaired) electrons. The van der Waals surface area contributed by atoms with Gasteiger partial charge in [0.25, 0.3) is 0 Å². The van der Waals surface area contributed by atoms with Crippen LogP contribution in [0.3, 0.4) is 0 Å². The summed E-state index contributed by atoms with van der Waals surface area (Å²) in [7, 11) is 3.73. The third kappa shape index (κ3) is 4.36. The van der Waals surface area contributed by atoms with Gasteiger partial charge in [0.1, 0.15) is 5.75 Å². The molecule has 136 valence electrons. The summed E-state index contributed by atoms with van der Waals surface area (Å²) in [5.74, 6) is 1.42. The van der Waals surface area contributed by atoms with Gasteiger partial charge in [0.15, 0.2) is 0 Å². The van der Waals surface area contributed by atoms with Gasteiger partial charge in [0.2, 0.25) is 0 Å². The molecule has 2 nitrogen and oxygen atoms in total. The highest BCUT2D eigenvalue weighted by Gasteiger charge is 2.24. The normalized spacial score (nSPS) is 12.8. The lowest BCUT2D eigenvalue weighted by molar-refractivity contribution is 0.340. The molecule has 2 heteroatoms. The predicted molar refractivity (Wildman–Crippen MR) is 109 cm³/mol. The maximum absolute atomic E-state index is 5.39. The van der Waals surface area contributed by atoms with Crippen molar-refractivity contribution in [1.82, 2.24) is 0 Å². The molecular weight excluding hydrogens is 306 g/mol. The molecule has 1 unspecified atom stereocenters. The molecule has 0 aliphatic carbocycles. The van der Waals surface area contributed by atoms with Crippen molar-refractivity contribution in [1.29, 1.82) is 0 Å². The molecule has 2 aromatic rings. The summed E-state index contributed by atoms with van der Waals surface area (Å²) in [5.41, 5.74) is 8.20. The first kappa shape index (κ1) is 19.4. The average molecular weight is 340 g/mol. The Kier molecular flexibility index (Phi) is 5.82. The fraction of sp³-hybridized carbons (Fsp3) is 0.478. The van der Waals surface area contributed by atoms with Crippen molar-refractivity contribution >= 4 is 5.69 Å². The average Bonchev–Trinajstić information content (AvgIpc) is 2.56. The van der Waals surface area contributed by atoms with Crippen LogP contribution in [0.1, 0.15) is 61.4 Å². The third-order valence-corrected chi connectivity index (χ3v) is 5.44. The van der Waals surface area contributed by atoms with Crippen molar-refractivity contribution in [2.75, 3.05) is 19.5 Å². The zero-order valence-electron chi connectivity index (χ0n) is 17.1. The Morgan fingerprint density at radius 2 is 1.64 bits per heavy atom. The van der Waals surface area contributed by atoms with Gasteiger partial charge in [-0.25, -0.2) is 0 Å². The van der Waals surface area contributed by atoms with Gasteiger partial charge in [0.05, 0.1) is 7.11 Å². The number of benzene rings is 2. The van der Waals surface area contributed by atoms with Crippen LogP contribution in [0, 0.1) is 19.3 Å². The fourth-order valence-electron chi connectivity index (χ4n) is 3.33. The van der Waals surface area contributed by atoms with Crippen LogP contribution in [0.5, 0.6) is 5.75 Å². The molecule has 2 rings (SSSR count). The van der Waals surface area contributed by atoms with Crippen LogP contribution in [-0.4, -0.2) is 14.2 Å². The van der Waals surface area contributed by atoms with Crippen LogP contribution in [0.4, 0.5) is 5.69 Å². The van der Waals surface area contributed by atoms with E-state index in [0.29, 0.717) is 5.92 Å². The van der Waals surface area contributed by atoms with Gasteiger partial charge in [-0.3, -0.25) is 0 Å². The van der Waals surface area contributed by atoms with Gasteiger partial charge >= 0.3 is 0 Å². The van der Waals surface area contributed by atoms with E-state index >= 15 is 0 Å². The maximum atomic E-state index is 5.39. The van der Waals surface area contributed by atoms with E-state index in [9.17, 15) is 0 Å². The molecule has 2 aromatic carbocycles. The fourth-order valence-corrected chi connectivity index (χ4v) is 3.33. The minimum absolute atomic E-state index is 0.232. The molecule has 0 saturated carbocycles. The molecule has 1 atom stereocenters. The van der Waals surface area contributed by atoms with Crippen molar-refractivity contribution in [3.8, 4) is 5.75 Å². The van der Waals surface area contributed by atoms with Crippen molar-refractivity contribution in [2.24, 2.45) is 5.41 Å².